The van der Waals surface area contributed by atoms with Crippen molar-refractivity contribution in [1.82, 2.24) is 4.98 Å². The van der Waals surface area contributed by atoms with Gasteiger partial charge in [-0.3, -0.25) is 4.79 Å². The van der Waals surface area contributed by atoms with Crippen molar-refractivity contribution in [2.45, 2.75) is 33.3 Å². The van der Waals surface area contributed by atoms with Crippen LogP contribution in [0.1, 0.15) is 35.5 Å². The minimum absolute atomic E-state index is 0.203. The molecular formula is C22H22N2O3S. The molecular weight excluding hydrogens is 372 g/mol. The lowest BCUT2D eigenvalue weighted by molar-refractivity contribution is -0.123. The van der Waals surface area contributed by atoms with Crippen LogP contribution >= 0.6 is 11.3 Å². The second kappa shape index (κ2) is 8.80. The number of hydrogen-bond acceptors (Lipinski definition) is 5. The zero-order chi connectivity index (χ0) is 20.1. The van der Waals surface area contributed by atoms with E-state index < -0.39 is 12.1 Å². The number of nitrogens with zero attached hydrogens (tertiary/aromatic N) is 1. The number of aromatic nitrogens is 1. The molecule has 0 aliphatic rings. The molecule has 1 heterocycles. The van der Waals surface area contributed by atoms with E-state index in [0.29, 0.717) is 5.69 Å². The van der Waals surface area contributed by atoms with Crippen molar-refractivity contribution in [1.29, 1.82) is 0 Å². The van der Waals surface area contributed by atoms with Crippen LogP contribution in [-0.2, 0) is 16.0 Å². The molecule has 0 unspecified atom stereocenters. The van der Waals surface area contributed by atoms with Gasteiger partial charge in [-0.25, -0.2) is 9.78 Å². The average Bonchev–Trinajstić information content (AvgIpc) is 3.18. The zero-order valence-corrected chi connectivity index (χ0v) is 16.9. The Bertz CT molecular complexity index is 979. The number of nitrogens with one attached hydrogen (secondary N) is 1. The van der Waals surface area contributed by atoms with E-state index in [1.165, 1.54) is 16.9 Å². The molecule has 0 radical (unpaired) electrons. The van der Waals surface area contributed by atoms with Gasteiger partial charge >= 0.3 is 5.97 Å². The summed E-state index contributed by atoms with van der Waals surface area (Å²) in [4.78, 5) is 29.0. The SMILES string of the molecule is CCc1ccc(-c2nc(C(=O)O[C@@H](C)C(=O)Nc3cccc(C)c3)cs2)cc1. The number of thiazole rings is 1. The van der Waals surface area contributed by atoms with Crippen LogP contribution in [0.15, 0.2) is 53.9 Å². The standard InChI is InChI=1S/C22H22N2O3S/c1-4-16-8-10-17(11-9-16)21-24-19(13-28-21)22(26)27-15(3)20(25)23-18-7-5-6-14(2)12-18/h5-13,15H,4H2,1-3H3,(H,23,25)/t15-/m0/s1. The number of anilines is 1. The molecule has 0 aliphatic heterocycles. The molecule has 144 valence electrons. The molecule has 0 aliphatic carbocycles. The van der Waals surface area contributed by atoms with E-state index in [9.17, 15) is 9.59 Å². The van der Waals surface area contributed by atoms with Crippen molar-refractivity contribution < 1.29 is 14.3 Å². The van der Waals surface area contributed by atoms with E-state index in [1.807, 2.05) is 49.4 Å². The fourth-order valence-electron chi connectivity index (χ4n) is 2.62. The molecule has 0 spiro atoms. The zero-order valence-electron chi connectivity index (χ0n) is 16.1. The maximum Gasteiger partial charge on any atom is 0.358 e. The van der Waals surface area contributed by atoms with Crippen LogP contribution in [0.5, 0.6) is 0 Å². The first-order chi connectivity index (χ1) is 13.5. The molecule has 0 saturated carbocycles. The van der Waals surface area contributed by atoms with Gasteiger partial charge in [0.15, 0.2) is 11.8 Å². The number of hydrogen-bond donors (Lipinski definition) is 1. The molecule has 3 aromatic rings. The summed E-state index contributed by atoms with van der Waals surface area (Å²) >= 11 is 1.37. The molecule has 28 heavy (non-hydrogen) atoms. The van der Waals surface area contributed by atoms with Gasteiger partial charge in [0, 0.05) is 16.6 Å². The molecule has 1 atom stereocenters. The third-order valence-corrected chi connectivity index (χ3v) is 5.15. The number of carbonyl (C=O) groups excluding carboxylic acids is 2. The second-order valence-electron chi connectivity index (χ2n) is 6.49. The number of carbonyl (C=O) groups is 2. The number of ether oxygens (including phenoxy) is 1. The summed E-state index contributed by atoms with van der Waals surface area (Å²) in [7, 11) is 0. The predicted octanol–water partition coefficient (Wildman–Crippen LogP) is 4.86. The van der Waals surface area contributed by atoms with E-state index in [2.05, 4.69) is 17.2 Å². The molecule has 0 fully saturated rings. The first kappa shape index (κ1) is 19.8. The summed E-state index contributed by atoms with van der Waals surface area (Å²) in [6, 6.07) is 15.5. The predicted molar refractivity (Wildman–Crippen MR) is 112 cm³/mol. The fraction of sp³-hybridized carbons (Fsp3) is 0.227. The Morgan fingerprint density at radius 2 is 1.93 bits per heavy atom. The minimum atomic E-state index is -0.929. The molecule has 1 amide bonds. The van der Waals surface area contributed by atoms with Crippen molar-refractivity contribution in [3.63, 3.8) is 0 Å². The first-order valence-corrected chi connectivity index (χ1v) is 9.97. The summed E-state index contributed by atoms with van der Waals surface area (Å²) < 4.78 is 5.28. The van der Waals surface area contributed by atoms with Gasteiger partial charge in [-0.15, -0.1) is 11.3 Å². The van der Waals surface area contributed by atoms with Gasteiger partial charge in [0.05, 0.1) is 0 Å². The Hall–Kier alpha value is -2.99. The Morgan fingerprint density at radius 1 is 1.18 bits per heavy atom. The normalized spacial score (nSPS) is 11.7. The van der Waals surface area contributed by atoms with Gasteiger partial charge < -0.3 is 10.1 Å². The second-order valence-corrected chi connectivity index (χ2v) is 7.35. The van der Waals surface area contributed by atoms with Crippen LogP contribution in [0.2, 0.25) is 0 Å². The number of rotatable bonds is 6. The molecule has 0 bridgehead atoms. The van der Waals surface area contributed by atoms with E-state index >= 15 is 0 Å². The maximum absolute atomic E-state index is 12.4. The van der Waals surface area contributed by atoms with Crippen LogP contribution in [-0.4, -0.2) is 23.0 Å². The lowest BCUT2D eigenvalue weighted by Crippen LogP contribution is -2.30. The van der Waals surface area contributed by atoms with Crippen LogP contribution in [0.3, 0.4) is 0 Å². The van der Waals surface area contributed by atoms with Gasteiger partial charge in [0.2, 0.25) is 0 Å². The van der Waals surface area contributed by atoms with Crippen LogP contribution in [0.25, 0.3) is 10.6 Å². The van der Waals surface area contributed by atoms with Crippen LogP contribution in [0, 0.1) is 6.92 Å². The maximum atomic E-state index is 12.4. The summed E-state index contributed by atoms with van der Waals surface area (Å²) in [6.07, 6.45) is 0.0418. The van der Waals surface area contributed by atoms with Gasteiger partial charge in [-0.1, -0.05) is 43.3 Å². The Labute approximate surface area is 168 Å². The topological polar surface area (TPSA) is 68.3 Å². The van der Waals surface area contributed by atoms with Crippen molar-refractivity contribution in [2.24, 2.45) is 0 Å². The highest BCUT2D eigenvalue weighted by Gasteiger charge is 2.21. The van der Waals surface area contributed by atoms with Crippen molar-refractivity contribution in [3.05, 3.63) is 70.7 Å². The molecule has 1 N–H and O–H groups in total. The summed E-state index contributed by atoms with van der Waals surface area (Å²) in [5.74, 6) is -0.996. The molecule has 2 aromatic carbocycles. The van der Waals surface area contributed by atoms with Gasteiger partial charge in [0.1, 0.15) is 5.01 Å². The largest absolute Gasteiger partial charge is 0.448 e. The number of aryl methyl sites for hydroxylation is 2. The van der Waals surface area contributed by atoms with Gasteiger partial charge in [-0.05, 0) is 43.5 Å². The molecule has 5 nitrogen and oxygen atoms in total. The van der Waals surface area contributed by atoms with E-state index in [-0.39, 0.29) is 11.6 Å². The number of benzene rings is 2. The highest BCUT2D eigenvalue weighted by molar-refractivity contribution is 7.13. The van der Waals surface area contributed by atoms with E-state index in [1.54, 1.807) is 18.4 Å². The molecule has 0 saturated heterocycles. The number of esters is 1. The molecule has 1 aromatic heterocycles. The third-order valence-electron chi connectivity index (χ3n) is 4.26. The third kappa shape index (κ3) is 4.84. The average molecular weight is 394 g/mol. The summed E-state index contributed by atoms with van der Waals surface area (Å²) in [6.45, 7) is 5.58. The Morgan fingerprint density at radius 3 is 2.61 bits per heavy atom. The van der Waals surface area contributed by atoms with Crippen molar-refractivity contribution in [3.8, 4) is 10.6 Å². The fourth-order valence-corrected chi connectivity index (χ4v) is 3.42. The first-order valence-electron chi connectivity index (χ1n) is 9.09. The highest BCUT2D eigenvalue weighted by Crippen LogP contribution is 2.24. The minimum Gasteiger partial charge on any atom is -0.448 e. The van der Waals surface area contributed by atoms with Crippen LogP contribution < -0.4 is 5.32 Å². The smallest absolute Gasteiger partial charge is 0.358 e. The van der Waals surface area contributed by atoms with E-state index in [0.717, 1.165) is 22.6 Å². The molecule has 6 heteroatoms. The lowest BCUT2D eigenvalue weighted by Gasteiger charge is -2.13. The summed E-state index contributed by atoms with van der Waals surface area (Å²) in [5.41, 5.74) is 4.10. The summed E-state index contributed by atoms with van der Waals surface area (Å²) in [5, 5.41) is 5.14. The van der Waals surface area contributed by atoms with Gasteiger partial charge in [0.25, 0.3) is 5.91 Å². The number of amides is 1. The Kier molecular flexibility index (Phi) is 6.21. The Balaban J connectivity index is 1.62. The highest BCUT2D eigenvalue weighted by atomic mass is 32.1. The lowest BCUT2D eigenvalue weighted by atomic mass is 10.1. The quantitative estimate of drug-likeness (QED) is 0.606. The van der Waals surface area contributed by atoms with Crippen LogP contribution in [0.4, 0.5) is 5.69 Å². The van der Waals surface area contributed by atoms with Crippen molar-refractivity contribution in [2.75, 3.05) is 5.32 Å². The van der Waals surface area contributed by atoms with E-state index in [4.69, 9.17) is 4.74 Å². The molecule has 3 rings (SSSR count). The monoisotopic (exact) mass is 394 g/mol. The van der Waals surface area contributed by atoms with Crippen molar-refractivity contribution >= 4 is 28.9 Å². The van der Waals surface area contributed by atoms with Gasteiger partial charge in [-0.2, -0.15) is 0 Å².